The zero-order valence-corrected chi connectivity index (χ0v) is 12.9. The maximum Gasteiger partial charge on any atom is 0.381 e. The van der Waals surface area contributed by atoms with Crippen LogP contribution in [-0.4, -0.2) is 38.0 Å². The highest BCUT2D eigenvalue weighted by Gasteiger charge is 2.21. The molecule has 1 aromatic heterocycles. The number of carboxylic acids is 1. The molecule has 0 radical (unpaired) electrons. The summed E-state index contributed by atoms with van der Waals surface area (Å²) in [5.41, 5.74) is 0.583. The van der Waals surface area contributed by atoms with Gasteiger partial charge in [-0.05, 0) is 15.5 Å². The molecule has 0 spiro atoms. The fourth-order valence-electron chi connectivity index (χ4n) is 2.20. The van der Waals surface area contributed by atoms with Crippen LogP contribution in [0.3, 0.4) is 0 Å². The first-order chi connectivity index (χ1) is 11.4. The number of imidazole rings is 1. The number of aliphatic carboxylic acids is 1. The number of carboxylic acid groups (broad SMARTS) is 1. The topological polar surface area (TPSA) is 127 Å². The van der Waals surface area contributed by atoms with Gasteiger partial charge in [0.2, 0.25) is 11.7 Å². The monoisotopic (exact) mass is 332 g/mol. The van der Waals surface area contributed by atoms with E-state index in [4.69, 9.17) is 0 Å². The van der Waals surface area contributed by atoms with Crippen LogP contribution < -0.4 is 5.32 Å². The lowest BCUT2D eigenvalue weighted by Crippen LogP contribution is -2.34. The number of nitro groups is 1. The number of aromatic nitrogens is 2. The van der Waals surface area contributed by atoms with Crippen molar-refractivity contribution in [2.45, 2.75) is 19.4 Å². The fourth-order valence-corrected chi connectivity index (χ4v) is 2.20. The van der Waals surface area contributed by atoms with E-state index in [0.717, 1.165) is 0 Å². The van der Waals surface area contributed by atoms with Crippen molar-refractivity contribution in [3.63, 3.8) is 0 Å². The van der Waals surface area contributed by atoms with Gasteiger partial charge in [-0.2, -0.15) is 0 Å². The zero-order valence-electron chi connectivity index (χ0n) is 12.9. The van der Waals surface area contributed by atoms with Crippen molar-refractivity contribution in [1.29, 1.82) is 0 Å². The summed E-state index contributed by atoms with van der Waals surface area (Å²) >= 11 is 0. The van der Waals surface area contributed by atoms with E-state index in [1.807, 2.05) is 0 Å². The van der Waals surface area contributed by atoms with Crippen LogP contribution in [0.4, 0.5) is 5.82 Å². The Morgan fingerprint density at radius 2 is 2.04 bits per heavy atom. The summed E-state index contributed by atoms with van der Waals surface area (Å²) in [4.78, 5) is 37.1. The quantitative estimate of drug-likeness (QED) is 0.577. The van der Waals surface area contributed by atoms with Crippen molar-refractivity contribution in [1.82, 2.24) is 14.9 Å². The Bertz CT molecular complexity index is 756. The number of aryl methyl sites for hydroxylation is 1. The van der Waals surface area contributed by atoms with Crippen LogP contribution in [0, 0.1) is 17.0 Å². The van der Waals surface area contributed by atoms with Gasteiger partial charge in [0.05, 0.1) is 5.92 Å². The van der Waals surface area contributed by atoms with Crippen molar-refractivity contribution in [2.75, 3.05) is 6.54 Å². The average Bonchev–Trinajstić information content (AvgIpc) is 2.89. The molecule has 24 heavy (non-hydrogen) atoms. The third-order valence-corrected chi connectivity index (χ3v) is 3.47. The molecule has 2 rings (SSSR count). The standard InChI is InChI=1S/C15H16N4O5/c1-10-17-13(19(23)24)8-18(10)9-14(20)16-7-12(15(21)22)11-5-3-2-4-6-11/h2-6,8,12H,7,9H2,1H3,(H,16,20)(H,21,22). The highest BCUT2D eigenvalue weighted by Crippen LogP contribution is 2.15. The molecule has 0 fully saturated rings. The lowest BCUT2D eigenvalue weighted by Gasteiger charge is -2.14. The van der Waals surface area contributed by atoms with Crippen molar-refractivity contribution in [2.24, 2.45) is 0 Å². The van der Waals surface area contributed by atoms with E-state index >= 15 is 0 Å². The van der Waals surface area contributed by atoms with Gasteiger partial charge >= 0.3 is 11.8 Å². The predicted octanol–water partition coefficient (Wildman–Crippen LogP) is 1.08. The number of hydrogen-bond acceptors (Lipinski definition) is 5. The zero-order chi connectivity index (χ0) is 17.7. The van der Waals surface area contributed by atoms with Crippen LogP contribution in [0.2, 0.25) is 0 Å². The van der Waals surface area contributed by atoms with Crippen molar-refractivity contribution in [3.05, 3.63) is 58.0 Å². The number of nitrogens with one attached hydrogen (secondary N) is 1. The summed E-state index contributed by atoms with van der Waals surface area (Å²) in [5.74, 6) is -2.38. The lowest BCUT2D eigenvalue weighted by atomic mass is 9.99. The Morgan fingerprint density at radius 1 is 1.38 bits per heavy atom. The van der Waals surface area contributed by atoms with Crippen molar-refractivity contribution < 1.29 is 19.6 Å². The van der Waals surface area contributed by atoms with E-state index in [1.54, 1.807) is 37.3 Å². The SMILES string of the molecule is Cc1nc([N+](=O)[O-])cn1CC(=O)NCC(C(=O)O)c1ccccc1. The van der Waals surface area contributed by atoms with Crippen LogP contribution in [-0.2, 0) is 16.1 Å². The number of hydrogen-bond donors (Lipinski definition) is 2. The van der Waals surface area contributed by atoms with Crippen LogP contribution >= 0.6 is 0 Å². The van der Waals surface area contributed by atoms with Crippen molar-refractivity contribution in [3.8, 4) is 0 Å². The minimum absolute atomic E-state index is 0.0754. The molecule has 0 aliphatic carbocycles. The second kappa shape index (κ2) is 7.36. The molecule has 0 aliphatic rings. The molecule has 126 valence electrons. The van der Waals surface area contributed by atoms with Crippen molar-refractivity contribution >= 4 is 17.7 Å². The molecule has 1 amide bonds. The Balaban J connectivity index is 1.99. The number of carbonyl (C=O) groups is 2. The van der Waals surface area contributed by atoms with Gasteiger partial charge in [-0.25, -0.2) is 0 Å². The van der Waals surface area contributed by atoms with E-state index in [2.05, 4.69) is 10.3 Å². The van der Waals surface area contributed by atoms with Crippen LogP contribution in [0.15, 0.2) is 36.5 Å². The number of benzene rings is 1. The molecular formula is C15H16N4O5. The third kappa shape index (κ3) is 4.15. The first-order valence-electron chi connectivity index (χ1n) is 7.11. The Kier molecular flexibility index (Phi) is 5.25. The minimum Gasteiger partial charge on any atom is -0.481 e. The summed E-state index contributed by atoms with van der Waals surface area (Å²) in [6.07, 6.45) is 1.17. The molecule has 0 saturated heterocycles. The van der Waals surface area contributed by atoms with Crippen LogP contribution in [0.5, 0.6) is 0 Å². The summed E-state index contributed by atoms with van der Waals surface area (Å²) in [6, 6.07) is 8.57. The van der Waals surface area contributed by atoms with E-state index in [0.29, 0.717) is 11.4 Å². The lowest BCUT2D eigenvalue weighted by molar-refractivity contribution is -0.389. The van der Waals surface area contributed by atoms with E-state index in [-0.39, 0.29) is 18.9 Å². The number of nitrogens with zero attached hydrogens (tertiary/aromatic N) is 3. The minimum atomic E-state index is -1.05. The summed E-state index contributed by atoms with van der Waals surface area (Å²) in [7, 11) is 0. The van der Waals surface area contributed by atoms with E-state index in [1.165, 1.54) is 10.8 Å². The summed E-state index contributed by atoms with van der Waals surface area (Å²) in [6.45, 7) is 1.30. The first kappa shape index (κ1) is 17.1. The van der Waals surface area contributed by atoms with Gasteiger partial charge in [0, 0.05) is 13.5 Å². The van der Waals surface area contributed by atoms with Gasteiger partial charge in [-0.3, -0.25) is 14.2 Å². The highest BCUT2D eigenvalue weighted by atomic mass is 16.6. The fraction of sp³-hybridized carbons (Fsp3) is 0.267. The highest BCUT2D eigenvalue weighted by molar-refractivity contribution is 5.79. The van der Waals surface area contributed by atoms with Gasteiger partial charge in [0.15, 0.2) is 0 Å². The normalized spacial score (nSPS) is 11.7. The second-order valence-corrected chi connectivity index (χ2v) is 5.14. The van der Waals surface area contributed by atoms with Crippen LogP contribution in [0.25, 0.3) is 0 Å². The summed E-state index contributed by atoms with van der Waals surface area (Å²) < 4.78 is 1.34. The Labute approximate surface area is 137 Å². The first-order valence-corrected chi connectivity index (χ1v) is 7.11. The van der Waals surface area contributed by atoms with Gasteiger partial charge in [-0.15, -0.1) is 0 Å². The molecule has 0 aliphatic heterocycles. The van der Waals surface area contributed by atoms with Gasteiger partial charge < -0.3 is 20.5 Å². The van der Waals surface area contributed by atoms with Gasteiger partial charge in [0.1, 0.15) is 12.7 Å². The molecule has 0 saturated carbocycles. The number of carbonyl (C=O) groups excluding carboxylic acids is 1. The molecule has 9 heteroatoms. The molecule has 0 bridgehead atoms. The van der Waals surface area contributed by atoms with Gasteiger partial charge in [-0.1, -0.05) is 30.3 Å². The maximum absolute atomic E-state index is 12.0. The predicted molar refractivity (Wildman–Crippen MR) is 83.4 cm³/mol. The molecule has 1 heterocycles. The molecular weight excluding hydrogens is 316 g/mol. The Morgan fingerprint density at radius 3 is 2.58 bits per heavy atom. The largest absolute Gasteiger partial charge is 0.481 e. The molecule has 1 atom stereocenters. The Hall–Kier alpha value is -3.23. The second-order valence-electron chi connectivity index (χ2n) is 5.14. The van der Waals surface area contributed by atoms with E-state index < -0.39 is 22.7 Å². The summed E-state index contributed by atoms with van der Waals surface area (Å²) in [5, 5.41) is 22.5. The molecule has 2 N–H and O–H groups in total. The average molecular weight is 332 g/mol. The smallest absolute Gasteiger partial charge is 0.381 e. The molecule has 9 nitrogen and oxygen atoms in total. The maximum atomic E-state index is 12.0. The molecule has 1 aromatic carbocycles. The molecule has 1 unspecified atom stereocenters. The third-order valence-electron chi connectivity index (χ3n) is 3.47. The number of amides is 1. The number of rotatable bonds is 7. The molecule has 2 aromatic rings. The van der Waals surface area contributed by atoms with Crippen LogP contribution in [0.1, 0.15) is 17.3 Å². The van der Waals surface area contributed by atoms with E-state index in [9.17, 15) is 24.8 Å². The van der Waals surface area contributed by atoms with Gasteiger partial charge in [0.25, 0.3) is 0 Å².